The molecule has 3 rings (SSSR count). The van der Waals surface area contributed by atoms with Crippen LogP contribution in [0.25, 0.3) is 0 Å². The Hall–Kier alpha value is -1.78. The standard InChI is InChI=1S/C18H24N4/c1-2-10-18(22-14-16-8-4-6-12-20-16)17(9-1)21-13-15-7-3-5-11-19-15/h3-8,11-12,17-18,21-22H,1-2,9-10,13-14H2/t17-,18?/m0/s1. The molecule has 2 N–H and O–H groups in total. The van der Waals surface area contributed by atoms with Crippen LogP contribution in [-0.4, -0.2) is 22.1 Å². The van der Waals surface area contributed by atoms with E-state index in [1.165, 1.54) is 25.7 Å². The Morgan fingerprint density at radius 2 is 1.27 bits per heavy atom. The summed E-state index contributed by atoms with van der Waals surface area (Å²) in [5.74, 6) is 0. The second-order valence-electron chi connectivity index (χ2n) is 5.90. The van der Waals surface area contributed by atoms with Crippen molar-refractivity contribution in [1.82, 2.24) is 20.6 Å². The minimum absolute atomic E-state index is 0.513. The van der Waals surface area contributed by atoms with Gasteiger partial charge in [0.2, 0.25) is 0 Å². The maximum atomic E-state index is 4.39. The summed E-state index contributed by atoms with van der Waals surface area (Å²) in [4.78, 5) is 8.78. The zero-order valence-corrected chi connectivity index (χ0v) is 12.9. The van der Waals surface area contributed by atoms with Crippen LogP contribution in [0, 0.1) is 0 Å². The van der Waals surface area contributed by atoms with Gasteiger partial charge in [-0.2, -0.15) is 0 Å². The SMILES string of the molecule is c1ccc(CNC2CCCC[C@@H]2NCc2ccccn2)nc1. The van der Waals surface area contributed by atoms with Gasteiger partial charge < -0.3 is 10.6 Å². The topological polar surface area (TPSA) is 49.8 Å². The second kappa shape index (κ2) is 8.01. The van der Waals surface area contributed by atoms with Crippen LogP contribution in [0.3, 0.4) is 0 Å². The van der Waals surface area contributed by atoms with Gasteiger partial charge in [-0.25, -0.2) is 0 Å². The van der Waals surface area contributed by atoms with Gasteiger partial charge in [0.1, 0.15) is 0 Å². The molecule has 1 aliphatic rings. The maximum absolute atomic E-state index is 4.39. The van der Waals surface area contributed by atoms with E-state index >= 15 is 0 Å². The van der Waals surface area contributed by atoms with Gasteiger partial charge in [-0.1, -0.05) is 25.0 Å². The minimum Gasteiger partial charge on any atom is -0.307 e. The Morgan fingerprint density at radius 1 is 0.773 bits per heavy atom. The van der Waals surface area contributed by atoms with Crippen LogP contribution < -0.4 is 10.6 Å². The molecule has 0 bridgehead atoms. The molecular weight excluding hydrogens is 272 g/mol. The van der Waals surface area contributed by atoms with Crippen molar-refractivity contribution in [2.24, 2.45) is 0 Å². The van der Waals surface area contributed by atoms with Crippen molar-refractivity contribution in [2.45, 2.75) is 50.9 Å². The Kier molecular flexibility index (Phi) is 5.51. The van der Waals surface area contributed by atoms with Gasteiger partial charge in [0.15, 0.2) is 0 Å². The molecule has 0 aromatic carbocycles. The molecule has 2 aromatic heterocycles. The molecular formula is C18H24N4. The van der Waals surface area contributed by atoms with E-state index in [4.69, 9.17) is 0 Å². The molecule has 0 saturated heterocycles. The molecule has 0 aliphatic heterocycles. The fraction of sp³-hybridized carbons (Fsp3) is 0.444. The number of hydrogen-bond acceptors (Lipinski definition) is 4. The van der Waals surface area contributed by atoms with Crippen LogP contribution in [0.4, 0.5) is 0 Å². The highest BCUT2D eigenvalue weighted by atomic mass is 15.0. The summed E-state index contributed by atoms with van der Waals surface area (Å²) in [5, 5.41) is 7.36. The zero-order valence-electron chi connectivity index (χ0n) is 12.9. The summed E-state index contributed by atoms with van der Waals surface area (Å²) in [5.41, 5.74) is 2.22. The summed E-state index contributed by atoms with van der Waals surface area (Å²) < 4.78 is 0. The van der Waals surface area contributed by atoms with Crippen LogP contribution >= 0.6 is 0 Å². The summed E-state index contributed by atoms with van der Waals surface area (Å²) in [6.07, 6.45) is 8.78. The lowest BCUT2D eigenvalue weighted by molar-refractivity contribution is 0.280. The fourth-order valence-corrected chi connectivity index (χ4v) is 3.10. The van der Waals surface area contributed by atoms with E-state index in [1.54, 1.807) is 0 Å². The van der Waals surface area contributed by atoms with Crippen LogP contribution in [0.2, 0.25) is 0 Å². The number of hydrogen-bond donors (Lipinski definition) is 2. The van der Waals surface area contributed by atoms with E-state index in [2.05, 4.69) is 32.7 Å². The summed E-state index contributed by atoms with van der Waals surface area (Å²) in [6.45, 7) is 1.68. The smallest absolute Gasteiger partial charge is 0.0541 e. The molecule has 4 heteroatoms. The predicted octanol–water partition coefficient (Wildman–Crippen LogP) is 2.67. The first-order chi connectivity index (χ1) is 10.9. The van der Waals surface area contributed by atoms with Gasteiger partial charge in [-0.05, 0) is 37.1 Å². The van der Waals surface area contributed by atoms with Gasteiger partial charge in [-0.3, -0.25) is 9.97 Å². The third-order valence-electron chi connectivity index (χ3n) is 4.31. The van der Waals surface area contributed by atoms with Crippen LogP contribution in [-0.2, 0) is 13.1 Å². The molecule has 0 radical (unpaired) electrons. The summed E-state index contributed by atoms with van der Waals surface area (Å²) in [6, 6.07) is 13.2. The second-order valence-corrected chi connectivity index (χ2v) is 5.90. The fourth-order valence-electron chi connectivity index (χ4n) is 3.10. The predicted molar refractivity (Wildman–Crippen MR) is 88.2 cm³/mol. The first-order valence-electron chi connectivity index (χ1n) is 8.18. The van der Waals surface area contributed by atoms with Gasteiger partial charge in [0.25, 0.3) is 0 Å². The minimum atomic E-state index is 0.513. The number of pyridine rings is 2. The molecule has 2 heterocycles. The summed E-state index contributed by atoms with van der Waals surface area (Å²) in [7, 11) is 0. The van der Waals surface area contributed by atoms with Crippen molar-refractivity contribution in [3.05, 3.63) is 60.2 Å². The third-order valence-corrected chi connectivity index (χ3v) is 4.31. The van der Waals surface area contributed by atoms with Crippen molar-refractivity contribution in [3.8, 4) is 0 Å². The monoisotopic (exact) mass is 296 g/mol. The highest BCUT2D eigenvalue weighted by molar-refractivity contribution is 5.05. The highest BCUT2D eigenvalue weighted by Crippen LogP contribution is 2.19. The molecule has 0 amide bonds. The van der Waals surface area contributed by atoms with Crippen molar-refractivity contribution in [3.63, 3.8) is 0 Å². The first-order valence-corrected chi connectivity index (χ1v) is 8.18. The Bertz CT molecular complexity index is 492. The van der Waals surface area contributed by atoms with E-state index in [9.17, 15) is 0 Å². The molecule has 1 saturated carbocycles. The number of rotatable bonds is 6. The molecule has 1 fully saturated rings. The molecule has 116 valence electrons. The van der Waals surface area contributed by atoms with E-state index in [0.29, 0.717) is 12.1 Å². The van der Waals surface area contributed by atoms with Gasteiger partial charge in [0, 0.05) is 37.6 Å². The maximum Gasteiger partial charge on any atom is 0.0541 e. The van der Waals surface area contributed by atoms with E-state index in [0.717, 1.165) is 24.5 Å². The van der Waals surface area contributed by atoms with Crippen molar-refractivity contribution in [1.29, 1.82) is 0 Å². The number of aromatic nitrogens is 2. The largest absolute Gasteiger partial charge is 0.307 e. The highest BCUT2D eigenvalue weighted by Gasteiger charge is 2.24. The molecule has 1 unspecified atom stereocenters. The van der Waals surface area contributed by atoms with Gasteiger partial charge in [-0.15, -0.1) is 0 Å². The lowest BCUT2D eigenvalue weighted by atomic mass is 9.90. The van der Waals surface area contributed by atoms with Crippen LogP contribution in [0.1, 0.15) is 37.1 Å². The van der Waals surface area contributed by atoms with E-state index in [-0.39, 0.29) is 0 Å². The summed E-state index contributed by atoms with van der Waals surface area (Å²) >= 11 is 0. The average Bonchev–Trinajstić information content (AvgIpc) is 2.61. The van der Waals surface area contributed by atoms with Crippen LogP contribution in [0.5, 0.6) is 0 Å². The van der Waals surface area contributed by atoms with Crippen LogP contribution in [0.15, 0.2) is 48.8 Å². The van der Waals surface area contributed by atoms with Gasteiger partial charge >= 0.3 is 0 Å². The Balaban J connectivity index is 1.52. The van der Waals surface area contributed by atoms with E-state index < -0.39 is 0 Å². The number of nitrogens with zero attached hydrogens (tertiary/aromatic N) is 2. The molecule has 1 aliphatic carbocycles. The quantitative estimate of drug-likeness (QED) is 0.860. The molecule has 4 nitrogen and oxygen atoms in total. The lowest BCUT2D eigenvalue weighted by Gasteiger charge is -2.33. The number of nitrogens with one attached hydrogen (secondary N) is 2. The Labute approximate surface area is 132 Å². The first kappa shape index (κ1) is 15.1. The zero-order chi connectivity index (χ0) is 15.0. The third kappa shape index (κ3) is 4.36. The lowest BCUT2D eigenvalue weighted by Crippen LogP contribution is -2.49. The van der Waals surface area contributed by atoms with E-state index in [1.807, 2.05) is 36.7 Å². The van der Waals surface area contributed by atoms with Crippen molar-refractivity contribution < 1.29 is 0 Å². The van der Waals surface area contributed by atoms with Crippen molar-refractivity contribution in [2.75, 3.05) is 0 Å². The molecule has 0 spiro atoms. The molecule has 22 heavy (non-hydrogen) atoms. The molecule has 2 aromatic rings. The van der Waals surface area contributed by atoms with Crippen molar-refractivity contribution >= 4 is 0 Å². The molecule has 2 atom stereocenters. The van der Waals surface area contributed by atoms with Gasteiger partial charge in [0.05, 0.1) is 11.4 Å². The normalized spacial score (nSPS) is 21.6. The Morgan fingerprint density at radius 3 is 1.68 bits per heavy atom. The average molecular weight is 296 g/mol.